The van der Waals surface area contributed by atoms with E-state index < -0.39 is 0 Å². The first-order valence-electron chi connectivity index (χ1n) is 4.66. The summed E-state index contributed by atoms with van der Waals surface area (Å²) >= 11 is 0. The number of fused-ring (bicyclic) bond motifs is 1. The Bertz CT molecular complexity index is 409. The van der Waals surface area contributed by atoms with Gasteiger partial charge >= 0.3 is 0 Å². The van der Waals surface area contributed by atoms with Gasteiger partial charge in [-0.2, -0.15) is 0 Å². The van der Waals surface area contributed by atoms with Crippen LogP contribution in [0, 0.1) is 5.41 Å². The summed E-state index contributed by atoms with van der Waals surface area (Å²) in [5.41, 5.74) is 1.22. The topological polar surface area (TPSA) is 73.3 Å². The van der Waals surface area contributed by atoms with E-state index in [1.54, 1.807) is 0 Å². The molecule has 2 aliphatic rings. The molecule has 2 amide bonds. The molecule has 0 saturated carbocycles. The van der Waals surface area contributed by atoms with E-state index in [-0.39, 0.29) is 24.1 Å². The number of carbonyl (C=O) groups excluding carboxylic acids is 2. The second-order valence-electron chi connectivity index (χ2n) is 3.52. The fraction of sp³-hybridized carbons (Fsp3) is 0.300. The lowest BCUT2D eigenvalue weighted by Gasteiger charge is -2.29. The van der Waals surface area contributed by atoms with E-state index in [0.29, 0.717) is 24.2 Å². The molecule has 0 aromatic heterocycles. The molecule has 0 spiro atoms. The average molecular weight is 205 g/mol. The molecule has 0 bridgehead atoms. The maximum absolute atomic E-state index is 11.6. The van der Waals surface area contributed by atoms with Crippen molar-refractivity contribution in [3.8, 4) is 0 Å². The largest absolute Gasteiger partial charge is 0.343 e. The van der Waals surface area contributed by atoms with E-state index in [0.717, 1.165) is 0 Å². The Balaban J connectivity index is 2.42. The summed E-state index contributed by atoms with van der Waals surface area (Å²) < 4.78 is 0. The third kappa shape index (κ3) is 1.56. The van der Waals surface area contributed by atoms with E-state index in [2.05, 4.69) is 11.9 Å². The number of amides is 2. The zero-order chi connectivity index (χ0) is 11.0. The molecule has 2 N–H and O–H groups in total. The summed E-state index contributed by atoms with van der Waals surface area (Å²) in [5, 5.41) is 10.2. The molecule has 0 aliphatic carbocycles. The van der Waals surface area contributed by atoms with Crippen LogP contribution in [0.5, 0.6) is 0 Å². The molecular weight excluding hydrogens is 194 g/mol. The predicted octanol–water partition coefficient (Wildman–Crippen LogP) is -0.192. The maximum atomic E-state index is 11.6. The standard InChI is InChI=1S/C10H11N3O2/c1-6-2-3-13-7(10(6)11)4-8(14)12-5-9(13)15/h4,11H,1-3,5H2,(H,12,14). The van der Waals surface area contributed by atoms with Crippen molar-refractivity contribution < 1.29 is 9.59 Å². The van der Waals surface area contributed by atoms with Gasteiger partial charge in [0.05, 0.1) is 18.0 Å². The van der Waals surface area contributed by atoms with Crippen molar-refractivity contribution >= 4 is 17.5 Å². The lowest BCUT2D eigenvalue weighted by Crippen LogP contribution is -2.41. The Morgan fingerprint density at radius 1 is 1.47 bits per heavy atom. The van der Waals surface area contributed by atoms with Gasteiger partial charge in [-0.25, -0.2) is 0 Å². The summed E-state index contributed by atoms with van der Waals surface area (Å²) in [6.45, 7) is 4.23. The van der Waals surface area contributed by atoms with E-state index >= 15 is 0 Å². The first kappa shape index (κ1) is 9.64. The summed E-state index contributed by atoms with van der Waals surface area (Å²) in [6.07, 6.45) is 1.88. The first-order chi connectivity index (χ1) is 7.09. The lowest BCUT2D eigenvalue weighted by atomic mass is 9.99. The van der Waals surface area contributed by atoms with Gasteiger partial charge in [-0.15, -0.1) is 0 Å². The van der Waals surface area contributed by atoms with Crippen LogP contribution in [-0.4, -0.2) is 35.5 Å². The van der Waals surface area contributed by atoms with Crippen molar-refractivity contribution in [2.45, 2.75) is 6.42 Å². The lowest BCUT2D eigenvalue weighted by molar-refractivity contribution is -0.129. The third-order valence-electron chi connectivity index (χ3n) is 2.52. The van der Waals surface area contributed by atoms with Crippen molar-refractivity contribution in [2.75, 3.05) is 13.1 Å². The zero-order valence-corrected chi connectivity index (χ0v) is 8.17. The molecule has 0 atom stereocenters. The van der Waals surface area contributed by atoms with Gasteiger partial charge in [0.2, 0.25) is 11.8 Å². The number of carbonyl (C=O) groups is 2. The van der Waals surface area contributed by atoms with Gasteiger partial charge in [0.25, 0.3) is 0 Å². The molecule has 78 valence electrons. The fourth-order valence-corrected chi connectivity index (χ4v) is 1.65. The molecule has 0 aromatic carbocycles. The number of nitrogens with zero attached hydrogens (tertiary/aromatic N) is 1. The molecule has 5 nitrogen and oxygen atoms in total. The average Bonchev–Trinajstić information content (AvgIpc) is 2.34. The van der Waals surface area contributed by atoms with Crippen LogP contribution in [0.25, 0.3) is 0 Å². The zero-order valence-electron chi connectivity index (χ0n) is 8.17. The highest BCUT2D eigenvalue weighted by Crippen LogP contribution is 2.21. The molecule has 0 aromatic rings. The van der Waals surface area contributed by atoms with E-state index in [1.165, 1.54) is 11.0 Å². The Morgan fingerprint density at radius 3 is 2.93 bits per heavy atom. The maximum Gasteiger partial charge on any atom is 0.246 e. The molecule has 2 aliphatic heterocycles. The van der Waals surface area contributed by atoms with E-state index in [1.807, 2.05) is 0 Å². The highest BCUT2D eigenvalue weighted by Gasteiger charge is 2.29. The summed E-state index contributed by atoms with van der Waals surface area (Å²) in [4.78, 5) is 24.3. The van der Waals surface area contributed by atoms with Crippen LogP contribution in [0.4, 0.5) is 0 Å². The SMILES string of the molecule is C=C1CCN2C(=O)CNC(=O)C=C2C1=N. The summed E-state index contributed by atoms with van der Waals surface area (Å²) in [7, 11) is 0. The minimum absolute atomic E-state index is 0.00140. The number of hydrogen-bond acceptors (Lipinski definition) is 3. The van der Waals surface area contributed by atoms with Gasteiger partial charge < -0.3 is 10.2 Å². The number of allylic oxidation sites excluding steroid dienone is 1. The monoisotopic (exact) mass is 205 g/mol. The van der Waals surface area contributed by atoms with Gasteiger partial charge in [0.1, 0.15) is 0 Å². The smallest absolute Gasteiger partial charge is 0.246 e. The number of nitrogens with one attached hydrogen (secondary N) is 2. The van der Waals surface area contributed by atoms with Gasteiger partial charge in [-0.3, -0.25) is 15.0 Å². The van der Waals surface area contributed by atoms with Gasteiger partial charge in [-0.05, 0) is 12.0 Å². The van der Waals surface area contributed by atoms with Crippen LogP contribution in [0.1, 0.15) is 6.42 Å². The minimum atomic E-state index is -0.333. The highest BCUT2D eigenvalue weighted by atomic mass is 16.2. The normalized spacial score (nSPS) is 21.9. The Hall–Kier alpha value is -1.91. The molecule has 15 heavy (non-hydrogen) atoms. The van der Waals surface area contributed by atoms with Crippen molar-refractivity contribution in [1.82, 2.24) is 10.2 Å². The van der Waals surface area contributed by atoms with E-state index in [4.69, 9.17) is 5.41 Å². The molecule has 0 radical (unpaired) electrons. The fourth-order valence-electron chi connectivity index (χ4n) is 1.65. The summed E-state index contributed by atoms with van der Waals surface area (Å²) in [5.74, 6) is -0.510. The van der Waals surface area contributed by atoms with E-state index in [9.17, 15) is 9.59 Å². The number of piperidine rings is 1. The third-order valence-corrected chi connectivity index (χ3v) is 2.52. The van der Waals surface area contributed by atoms with Gasteiger partial charge in [0.15, 0.2) is 0 Å². The molecule has 1 saturated heterocycles. The van der Waals surface area contributed by atoms with Gasteiger partial charge in [0, 0.05) is 12.6 Å². The first-order valence-corrected chi connectivity index (χ1v) is 4.66. The predicted molar refractivity (Wildman–Crippen MR) is 54.3 cm³/mol. The Morgan fingerprint density at radius 2 is 2.20 bits per heavy atom. The number of rotatable bonds is 0. The molecule has 5 heteroatoms. The van der Waals surface area contributed by atoms with Gasteiger partial charge in [-0.1, -0.05) is 6.58 Å². The van der Waals surface area contributed by atoms with Crippen LogP contribution in [-0.2, 0) is 9.59 Å². The quantitative estimate of drug-likeness (QED) is 0.575. The molecule has 2 heterocycles. The van der Waals surface area contributed by atoms with Crippen molar-refractivity contribution in [3.63, 3.8) is 0 Å². The van der Waals surface area contributed by atoms with Crippen molar-refractivity contribution in [2.24, 2.45) is 0 Å². The summed E-state index contributed by atoms with van der Waals surface area (Å²) in [6, 6.07) is 0. The molecular formula is C10H11N3O2. The van der Waals surface area contributed by atoms with Crippen LogP contribution >= 0.6 is 0 Å². The Kier molecular flexibility index (Phi) is 2.15. The Labute approximate surface area is 87.0 Å². The van der Waals surface area contributed by atoms with Crippen LogP contribution in [0.15, 0.2) is 23.9 Å². The van der Waals surface area contributed by atoms with Crippen LogP contribution < -0.4 is 5.32 Å². The second-order valence-corrected chi connectivity index (χ2v) is 3.52. The molecule has 2 rings (SSSR count). The molecule has 0 unspecified atom stereocenters. The van der Waals surface area contributed by atoms with Crippen molar-refractivity contribution in [3.05, 3.63) is 23.9 Å². The highest BCUT2D eigenvalue weighted by molar-refractivity contribution is 6.16. The van der Waals surface area contributed by atoms with Crippen molar-refractivity contribution in [1.29, 1.82) is 5.41 Å². The van der Waals surface area contributed by atoms with Crippen LogP contribution in [0.3, 0.4) is 0 Å². The minimum Gasteiger partial charge on any atom is -0.343 e. The van der Waals surface area contributed by atoms with Crippen LogP contribution in [0.2, 0.25) is 0 Å². The molecule has 1 fully saturated rings. The number of hydrogen-bond donors (Lipinski definition) is 2. The second kappa shape index (κ2) is 3.34.